The Morgan fingerprint density at radius 1 is 1.00 bits per heavy atom. The van der Waals surface area contributed by atoms with Gasteiger partial charge in [-0.1, -0.05) is 54.6 Å². The first-order valence-corrected chi connectivity index (χ1v) is 11.3. The maximum absolute atomic E-state index is 11.8. The van der Waals surface area contributed by atoms with Crippen molar-refractivity contribution in [3.8, 4) is 28.5 Å². The predicted molar refractivity (Wildman–Crippen MR) is 133 cm³/mol. The van der Waals surface area contributed by atoms with E-state index in [1.807, 2.05) is 35.7 Å². The number of carbonyl (C=O) groups excluding carboxylic acids is 1. The molecule has 0 spiro atoms. The second-order valence-electron chi connectivity index (χ2n) is 7.09. The average molecular weight is 452 g/mol. The fourth-order valence-electron chi connectivity index (χ4n) is 3.21. The molecule has 0 aliphatic carbocycles. The van der Waals surface area contributed by atoms with E-state index in [1.54, 1.807) is 37.4 Å². The summed E-state index contributed by atoms with van der Waals surface area (Å²) in [5.41, 5.74) is 5.80. The summed E-state index contributed by atoms with van der Waals surface area (Å²) in [6.07, 6.45) is 1.63. The standard InChI is InChI=1S/C27H21N3O2S/c1-2-32-27(31)22-12-14-24(15-13-22)29-17-23(16-28)26-30-25(18-33-26)21-10-8-20(9-11-21)19-6-4-3-5-7-19/h3-15,17-18,29H,2H2,1H3. The van der Waals surface area contributed by atoms with Crippen molar-refractivity contribution >= 4 is 28.6 Å². The Morgan fingerprint density at radius 2 is 1.67 bits per heavy atom. The van der Waals surface area contributed by atoms with Crippen LogP contribution >= 0.6 is 11.3 Å². The van der Waals surface area contributed by atoms with E-state index in [-0.39, 0.29) is 5.97 Å². The minimum atomic E-state index is -0.357. The van der Waals surface area contributed by atoms with Gasteiger partial charge in [-0.05, 0) is 42.3 Å². The Balaban J connectivity index is 1.47. The highest BCUT2D eigenvalue weighted by Crippen LogP contribution is 2.28. The third kappa shape index (κ3) is 5.35. The summed E-state index contributed by atoms with van der Waals surface area (Å²) >= 11 is 1.42. The lowest BCUT2D eigenvalue weighted by atomic mass is 10.0. The van der Waals surface area contributed by atoms with Crippen molar-refractivity contribution in [1.29, 1.82) is 5.26 Å². The van der Waals surface area contributed by atoms with E-state index in [9.17, 15) is 10.1 Å². The number of hydrogen-bond donors (Lipinski definition) is 1. The van der Waals surface area contributed by atoms with Gasteiger partial charge in [0.25, 0.3) is 0 Å². The van der Waals surface area contributed by atoms with Crippen LogP contribution in [0.3, 0.4) is 0 Å². The van der Waals surface area contributed by atoms with E-state index >= 15 is 0 Å². The number of hydrogen-bond acceptors (Lipinski definition) is 6. The largest absolute Gasteiger partial charge is 0.462 e. The van der Waals surface area contributed by atoms with Gasteiger partial charge in [0.15, 0.2) is 0 Å². The molecule has 1 aromatic heterocycles. The van der Waals surface area contributed by atoms with E-state index < -0.39 is 0 Å². The molecule has 1 heterocycles. The highest BCUT2D eigenvalue weighted by Gasteiger charge is 2.10. The summed E-state index contributed by atoms with van der Waals surface area (Å²) in [7, 11) is 0. The van der Waals surface area contributed by atoms with Crippen LogP contribution in [-0.4, -0.2) is 17.6 Å². The van der Waals surface area contributed by atoms with Crippen molar-refractivity contribution in [2.24, 2.45) is 0 Å². The van der Waals surface area contributed by atoms with Crippen molar-refractivity contribution in [3.05, 3.63) is 101 Å². The van der Waals surface area contributed by atoms with Crippen molar-refractivity contribution in [1.82, 2.24) is 4.98 Å². The molecular weight excluding hydrogens is 430 g/mol. The van der Waals surface area contributed by atoms with Crippen molar-refractivity contribution in [2.45, 2.75) is 6.92 Å². The molecule has 4 aromatic rings. The van der Waals surface area contributed by atoms with E-state index in [4.69, 9.17) is 4.74 Å². The van der Waals surface area contributed by atoms with Gasteiger partial charge in [-0.3, -0.25) is 0 Å². The predicted octanol–water partition coefficient (Wildman–Crippen LogP) is 6.63. The number of esters is 1. The Kier molecular flexibility index (Phi) is 6.93. The maximum atomic E-state index is 11.8. The third-order valence-corrected chi connectivity index (χ3v) is 5.80. The molecule has 4 rings (SSSR count). The van der Waals surface area contributed by atoms with E-state index in [1.165, 1.54) is 16.9 Å². The summed E-state index contributed by atoms with van der Waals surface area (Å²) in [6.45, 7) is 2.10. The van der Waals surface area contributed by atoms with Gasteiger partial charge in [0.2, 0.25) is 0 Å². The van der Waals surface area contributed by atoms with Gasteiger partial charge >= 0.3 is 5.97 Å². The van der Waals surface area contributed by atoms with Gasteiger partial charge < -0.3 is 10.1 Å². The molecule has 6 heteroatoms. The van der Waals surface area contributed by atoms with E-state index in [0.717, 1.165) is 22.5 Å². The van der Waals surface area contributed by atoms with Crippen LogP contribution in [0.5, 0.6) is 0 Å². The van der Waals surface area contributed by atoms with Gasteiger partial charge in [-0.25, -0.2) is 9.78 Å². The van der Waals surface area contributed by atoms with Gasteiger partial charge in [0, 0.05) is 22.8 Å². The topological polar surface area (TPSA) is 75.0 Å². The molecule has 0 atom stereocenters. The molecule has 33 heavy (non-hydrogen) atoms. The molecule has 0 bridgehead atoms. The van der Waals surface area contributed by atoms with Crippen LogP contribution in [0.25, 0.3) is 28.0 Å². The highest BCUT2D eigenvalue weighted by atomic mass is 32.1. The number of thiazole rings is 1. The van der Waals surface area contributed by atoms with Crippen LogP contribution in [-0.2, 0) is 4.74 Å². The number of nitrogens with zero attached hydrogens (tertiary/aromatic N) is 2. The molecule has 3 aromatic carbocycles. The molecule has 0 amide bonds. The molecule has 0 radical (unpaired) electrons. The zero-order valence-electron chi connectivity index (χ0n) is 18.0. The fourth-order valence-corrected chi connectivity index (χ4v) is 4.00. The molecule has 0 aliphatic heterocycles. The van der Waals surface area contributed by atoms with Crippen LogP contribution < -0.4 is 5.32 Å². The molecule has 5 nitrogen and oxygen atoms in total. The molecule has 162 valence electrons. The second kappa shape index (κ2) is 10.4. The quantitative estimate of drug-likeness (QED) is 0.252. The minimum Gasteiger partial charge on any atom is -0.462 e. The van der Waals surface area contributed by atoms with Crippen molar-refractivity contribution in [2.75, 3.05) is 11.9 Å². The summed E-state index contributed by atoms with van der Waals surface area (Å²) in [5.74, 6) is -0.357. The molecule has 0 fully saturated rings. The average Bonchev–Trinajstić information content (AvgIpc) is 3.36. The molecule has 0 unspecified atom stereocenters. The number of allylic oxidation sites excluding steroid dienone is 1. The number of rotatable bonds is 7. The van der Waals surface area contributed by atoms with E-state index in [2.05, 4.69) is 40.6 Å². The van der Waals surface area contributed by atoms with Crippen LogP contribution in [0.1, 0.15) is 22.3 Å². The van der Waals surface area contributed by atoms with Gasteiger partial charge in [-0.15, -0.1) is 11.3 Å². The third-order valence-electron chi connectivity index (χ3n) is 4.92. The Labute approximate surface area is 196 Å². The zero-order valence-corrected chi connectivity index (χ0v) is 18.8. The molecule has 0 aliphatic rings. The van der Waals surface area contributed by atoms with Crippen molar-refractivity contribution < 1.29 is 9.53 Å². The lowest BCUT2D eigenvalue weighted by molar-refractivity contribution is 0.0526. The Hall–Kier alpha value is -4.21. The number of ether oxygens (including phenoxy) is 1. The van der Waals surface area contributed by atoms with Crippen LogP contribution in [0, 0.1) is 11.3 Å². The smallest absolute Gasteiger partial charge is 0.338 e. The number of carbonyl (C=O) groups is 1. The minimum absolute atomic E-state index is 0.333. The lowest BCUT2D eigenvalue weighted by Crippen LogP contribution is -2.04. The summed E-state index contributed by atoms with van der Waals surface area (Å²) in [6, 6.07) is 27.5. The molecule has 0 saturated carbocycles. The SMILES string of the molecule is CCOC(=O)c1ccc(NC=C(C#N)c2nc(-c3ccc(-c4ccccc4)cc3)cs2)cc1. The first kappa shape index (κ1) is 22.0. The van der Waals surface area contributed by atoms with Crippen LogP contribution in [0.15, 0.2) is 90.4 Å². The van der Waals surface area contributed by atoms with Gasteiger partial charge in [0.05, 0.1) is 17.9 Å². The summed E-state index contributed by atoms with van der Waals surface area (Å²) in [4.78, 5) is 16.4. The van der Waals surface area contributed by atoms with Crippen LogP contribution in [0.2, 0.25) is 0 Å². The first-order chi connectivity index (χ1) is 16.2. The zero-order chi connectivity index (χ0) is 23.0. The van der Waals surface area contributed by atoms with Crippen molar-refractivity contribution in [3.63, 3.8) is 0 Å². The lowest BCUT2D eigenvalue weighted by Gasteiger charge is -2.04. The number of nitrogens with one attached hydrogen (secondary N) is 1. The second-order valence-corrected chi connectivity index (χ2v) is 7.95. The van der Waals surface area contributed by atoms with Gasteiger partial charge in [-0.2, -0.15) is 5.26 Å². The highest BCUT2D eigenvalue weighted by molar-refractivity contribution is 7.11. The summed E-state index contributed by atoms with van der Waals surface area (Å²) in [5, 5.41) is 15.3. The number of nitriles is 1. The molecule has 1 N–H and O–H groups in total. The monoisotopic (exact) mass is 451 g/mol. The van der Waals surface area contributed by atoms with Crippen LogP contribution in [0.4, 0.5) is 5.69 Å². The summed E-state index contributed by atoms with van der Waals surface area (Å²) < 4.78 is 4.99. The Bertz CT molecular complexity index is 1300. The Morgan fingerprint density at radius 3 is 2.33 bits per heavy atom. The molecule has 0 saturated heterocycles. The number of aromatic nitrogens is 1. The van der Waals surface area contributed by atoms with E-state index in [0.29, 0.717) is 22.8 Å². The number of benzene rings is 3. The first-order valence-electron chi connectivity index (χ1n) is 10.4. The maximum Gasteiger partial charge on any atom is 0.338 e. The number of anilines is 1. The normalized spacial score (nSPS) is 11.0. The van der Waals surface area contributed by atoms with Gasteiger partial charge in [0.1, 0.15) is 16.6 Å². The molecular formula is C27H21N3O2S. The fraction of sp³-hybridized carbons (Fsp3) is 0.0741.